The van der Waals surface area contributed by atoms with Crippen molar-refractivity contribution in [3.63, 3.8) is 0 Å². The summed E-state index contributed by atoms with van der Waals surface area (Å²) in [4.78, 5) is 2.41. The molecular formula is C44H29N. The summed E-state index contributed by atoms with van der Waals surface area (Å²) in [7, 11) is 0. The summed E-state index contributed by atoms with van der Waals surface area (Å²) < 4.78 is 0. The van der Waals surface area contributed by atoms with Crippen molar-refractivity contribution in [2.45, 2.75) is 0 Å². The maximum atomic E-state index is 2.41. The molecule has 0 aliphatic carbocycles. The Morgan fingerprint density at radius 3 is 1.20 bits per heavy atom. The number of hydrogen-bond acceptors (Lipinski definition) is 1. The molecule has 0 atom stereocenters. The fourth-order valence-corrected chi connectivity index (χ4v) is 7.10. The van der Waals surface area contributed by atoms with Crippen LogP contribution in [0, 0.1) is 0 Å². The number of anilines is 3. The van der Waals surface area contributed by atoms with Gasteiger partial charge in [-0.3, -0.25) is 0 Å². The molecule has 0 heterocycles. The lowest BCUT2D eigenvalue weighted by atomic mass is 9.92. The van der Waals surface area contributed by atoms with Gasteiger partial charge in [0.05, 0.1) is 11.4 Å². The van der Waals surface area contributed by atoms with E-state index < -0.39 is 0 Å². The zero-order valence-corrected chi connectivity index (χ0v) is 24.7. The summed E-state index contributed by atoms with van der Waals surface area (Å²) in [5.41, 5.74) is 5.89. The molecule has 0 saturated carbocycles. The van der Waals surface area contributed by atoms with Crippen LogP contribution in [0.2, 0.25) is 0 Å². The van der Waals surface area contributed by atoms with E-state index in [4.69, 9.17) is 0 Å². The summed E-state index contributed by atoms with van der Waals surface area (Å²) in [6, 6.07) is 64.0. The van der Waals surface area contributed by atoms with E-state index in [-0.39, 0.29) is 0 Å². The van der Waals surface area contributed by atoms with Gasteiger partial charge in [-0.2, -0.15) is 0 Å². The van der Waals surface area contributed by atoms with Gasteiger partial charge in [0.15, 0.2) is 0 Å². The van der Waals surface area contributed by atoms with Crippen molar-refractivity contribution in [3.05, 3.63) is 176 Å². The zero-order valence-electron chi connectivity index (χ0n) is 24.7. The van der Waals surface area contributed by atoms with E-state index in [1.807, 2.05) is 0 Å². The highest BCUT2D eigenvalue weighted by atomic mass is 15.1. The Labute approximate surface area is 262 Å². The van der Waals surface area contributed by atoms with Crippen LogP contribution in [-0.2, 0) is 0 Å². The van der Waals surface area contributed by atoms with Crippen molar-refractivity contribution in [2.24, 2.45) is 0 Å². The van der Waals surface area contributed by atoms with Gasteiger partial charge in [-0.05, 0) is 84.5 Å². The van der Waals surface area contributed by atoms with E-state index in [0.29, 0.717) is 0 Å². The number of rotatable bonds is 4. The topological polar surface area (TPSA) is 3.24 Å². The first-order chi connectivity index (χ1) is 22.3. The summed E-state index contributed by atoms with van der Waals surface area (Å²) in [6.45, 7) is 0. The molecule has 0 N–H and O–H groups in total. The van der Waals surface area contributed by atoms with Gasteiger partial charge in [-0.1, -0.05) is 146 Å². The SMILES string of the molecule is c1ccc2c(N(c3ccc(-c4ccc5c6ccccc6c6ccccc6c5c4)cc3)c3cccc4ccccc34)cccc2c1. The molecule has 0 saturated heterocycles. The minimum atomic E-state index is 1.13. The number of benzene rings is 9. The van der Waals surface area contributed by atoms with Crippen molar-refractivity contribution >= 4 is 70.9 Å². The van der Waals surface area contributed by atoms with Crippen molar-refractivity contribution in [1.82, 2.24) is 0 Å². The Hall–Kier alpha value is -5.92. The van der Waals surface area contributed by atoms with Gasteiger partial charge in [0.2, 0.25) is 0 Å². The van der Waals surface area contributed by atoms with Crippen LogP contribution < -0.4 is 4.90 Å². The molecule has 0 unspecified atom stereocenters. The summed E-state index contributed by atoms with van der Waals surface area (Å²) >= 11 is 0. The molecule has 0 amide bonds. The smallest absolute Gasteiger partial charge is 0.0540 e. The van der Waals surface area contributed by atoms with Gasteiger partial charge >= 0.3 is 0 Å². The Kier molecular flexibility index (Phi) is 5.89. The highest BCUT2D eigenvalue weighted by molar-refractivity contribution is 6.25. The second kappa shape index (κ2) is 10.4. The molecule has 0 aromatic heterocycles. The zero-order chi connectivity index (χ0) is 29.7. The average Bonchev–Trinajstić information content (AvgIpc) is 3.12. The molecule has 0 aliphatic heterocycles. The minimum Gasteiger partial charge on any atom is -0.309 e. The van der Waals surface area contributed by atoms with Gasteiger partial charge in [-0.15, -0.1) is 0 Å². The Balaban J connectivity index is 1.22. The van der Waals surface area contributed by atoms with E-state index in [9.17, 15) is 0 Å². The predicted molar refractivity (Wildman–Crippen MR) is 194 cm³/mol. The first kappa shape index (κ1) is 25.6. The molecule has 45 heavy (non-hydrogen) atoms. The molecule has 0 radical (unpaired) electrons. The molecule has 9 rings (SSSR count). The number of hydrogen-bond donors (Lipinski definition) is 0. The highest BCUT2D eigenvalue weighted by Gasteiger charge is 2.18. The van der Waals surface area contributed by atoms with E-state index in [1.54, 1.807) is 0 Å². The fraction of sp³-hybridized carbons (Fsp3) is 0. The average molecular weight is 572 g/mol. The van der Waals surface area contributed by atoms with E-state index in [0.717, 1.165) is 5.69 Å². The molecular weight excluding hydrogens is 542 g/mol. The molecule has 0 aliphatic rings. The lowest BCUT2D eigenvalue weighted by molar-refractivity contribution is 1.31. The van der Waals surface area contributed by atoms with Crippen molar-refractivity contribution < 1.29 is 0 Å². The standard InChI is InChI=1S/C44H29N/c1-3-15-35-31(11-1)13-9-21-43(35)45(44-22-10-14-32-12-2-4-16-36(32)44)34-26-23-30(24-27-34)33-25-28-41-39-19-6-5-17-37(39)38-18-7-8-20-40(38)42(41)29-33/h1-29H. The van der Waals surface area contributed by atoms with Crippen molar-refractivity contribution in [1.29, 1.82) is 0 Å². The third-order valence-electron chi connectivity index (χ3n) is 9.22. The predicted octanol–water partition coefficient (Wildman–Crippen LogP) is 12.6. The normalized spacial score (nSPS) is 11.6. The minimum absolute atomic E-state index is 1.13. The highest BCUT2D eigenvalue weighted by Crippen LogP contribution is 2.43. The summed E-state index contributed by atoms with van der Waals surface area (Å²) in [5, 5.41) is 12.7. The van der Waals surface area contributed by atoms with Crippen LogP contribution in [0.1, 0.15) is 0 Å². The van der Waals surface area contributed by atoms with Gasteiger partial charge in [0, 0.05) is 16.5 Å². The van der Waals surface area contributed by atoms with Gasteiger partial charge < -0.3 is 4.90 Å². The third-order valence-corrected chi connectivity index (χ3v) is 9.22. The summed E-state index contributed by atoms with van der Waals surface area (Å²) in [6.07, 6.45) is 0. The van der Waals surface area contributed by atoms with E-state index in [2.05, 4.69) is 181 Å². The largest absolute Gasteiger partial charge is 0.309 e. The quantitative estimate of drug-likeness (QED) is 0.190. The molecule has 1 nitrogen and oxygen atoms in total. The lowest BCUT2D eigenvalue weighted by Crippen LogP contribution is -2.11. The Morgan fingerprint density at radius 1 is 0.267 bits per heavy atom. The molecule has 0 spiro atoms. The molecule has 9 aromatic rings. The molecule has 9 aromatic carbocycles. The van der Waals surface area contributed by atoms with Crippen molar-refractivity contribution in [2.75, 3.05) is 4.90 Å². The molecule has 210 valence electrons. The first-order valence-electron chi connectivity index (χ1n) is 15.5. The van der Waals surface area contributed by atoms with Crippen LogP contribution in [0.3, 0.4) is 0 Å². The van der Waals surface area contributed by atoms with Gasteiger partial charge in [-0.25, -0.2) is 0 Å². The second-order valence-electron chi connectivity index (χ2n) is 11.7. The van der Waals surface area contributed by atoms with E-state index in [1.165, 1.54) is 76.4 Å². The molecule has 0 bridgehead atoms. The molecule has 1 heteroatoms. The van der Waals surface area contributed by atoms with Crippen LogP contribution in [0.5, 0.6) is 0 Å². The van der Waals surface area contributed by atoms with Crippen molar-refractivity contribution in [3.8, 4) is 11.1 Å². The van der Waals surface area contributed by atoms with Crippen LogP contribution in [0.4, 0.5) is 17.1 Å². The first-order valence-corrected chi connectivity index (χ1v) is 15.5. The van der Waals surface area contributed by atoms with Crippen LogP contribution in [-0.4, -0.2) is 0 Å². The second-order valence-corrected chi connectivity index (χ2v) is 11.7. The van der Waals surface area contributed by atoms with Crippen LogP contribution in [0.25, 0.3) is 65.0 Å². The summed E-state index contributed by atoms with van der Waals surface area (Å²) in [5.74, 6) is 0. The van der Waals surface area contributed by atoms with Gasteiger partial charge in [0.25, 0.3) is 0 Å². The molecule has 0 fully saturated rings. The third kappa shape index (κ3) is 4.17. The maximum Gasteiger partial charge on any atom is 0.0540 e. The van der Waals surface area contributed by atoms with Crippen LogP contribution >= 0.6 is 0 Å². The van der Waals surface area contributed by atoms with Gasteiger partial charge in [0.1, 0.15) is 0 Å². The number of nitrogens with zero attached hydrogens (tertiary/aromatic N) is 1. The van der Waals surface area contributed by atoms with Crippen LogP contribution in [0.15, 0.2) is 176 Å². The number of fused-ring (bicyclic) bond motifs is 8. The Morgan fingerprint density at radius 2 is 0.667 bits per heavy atom. The maximum absolute atomic E-state index is 2.41. The monoisotopic (exact) mass is 571 g/mol. The lowest BCUT2D eigenvalue weighted by Gasteiger charge is -2.28. The fourth-order valence-electron chi connectivity index (χ4n) is 7.10. The van der Waals surface area contributed by atoms with E-state index >= 15 is 0 Å². The Bertz CT molecular complexity index is 2420.